The highest BCUT2D eigenvalue weighted by atomic mass is 16.5. The highest BCUT2D eigenvalue weighted by Crippen LogP contribution is 2.07. The van der Waals surface area contributed by atoms with Crippen LogP contribution >= 0.6 is 0 Å². The molecule has 2 aromatic heterocycles. The third-order valence-electron chi connectivity index (χ3n) is 2.69. The van der Waals surface area contributed by atoms with E-state index < -0.39 is 0 Å². The first-order valence-corrected chi connectivity index (χ1v) is 6.80. The number of aryl methyl sites for hydroxylation is 1. The Kier molecular flexibility index (Phi) is 4.74. The second kappa shape index (κ2) is 6.52. The SMILES string of the molecule is Cc1ccn2nc(NCCCOCC(C)C)nc2c1. The maximum atomic E-state index is 5.52. The van der Waals surface area contributed by atoms with Crippen molar-refractivity contribution in [2.75, 3.05) is 25.1 Å². The Balaban J connectivity index is 1.75. The van der Waals surface area contributed by atoms with Crippen molar-refractivity contribution in [2.24, 2.45) is 5.92 Å². The molecule has 0 atom stereocenters. The summed E-state index contributed by atoms with van der Waals surface area (Å²) in [5.41, 5.74) is 2.06. The van der Waals surface area contributed by atoms with Crippen molar-refractivity contribution in [1.82, 2.24) is 14.6 Å². The second-order valence-corrected chi connectivity index (χ2v) is 5.19. The van der Waals surface area contributed by atoms with Crippen LogP contribution in [0.25, 0.3) is 5.65 Å². The molecule has 5 nitrogen and oxygen atoms in total. The van der Waals surface area contributed by atoms with Gasteiger partial charge in [0.05, 0.1) is 0 Å². The van der Waals surface area contributed by atoms with Gasteiger partial charge in [0.15, 0.2) is 5.65 Å². The Morgan fingerprint density at radius 1 is 1.42 bits per heavy atom. The maximum Gasteiger partial charge on any atom is 0.243 e. The van der Waals surface area contributed by atoms with Gasteiger partial charge in [0.25, 0.3) is 0 Å². The summed E-state index contributed by atoms with van der Waals surface area (Å²) in [4.78, 5) is 4.42. The average molecular weight is 262 g/mol. The molecule has 0 radical (unpaired) electrons. The predicted molar refractivity (Wildman–Crippen MR) is 76.5 cm³/mol. The van der Waals surface area contributed by atoms with E-state index in [1.54, 1.807) is 4.52 Å². The molecule has 0 aliphatic rings. The number of ether oxygens (including phenoxy) is 1. The summed E-state index contributed by atoms with van der Waals surface area (Å²) in [6.45, 7) is 8.78. The Bertz CT molecular complexity index is 521. The molecule has 0 aromatic carbocycles. The number of nitrogens with one attached hydrogen (secondary N) is 1. The molecule has 0 amide bonds. The fourth-order valence-corrected chi connectivity index (χ4v) is 1.75. The Morgan fingerprint density at radius 2 is 2.26 bits per heavy atom. The zero-order chi connectivity index (χ0) is 13.7. The van der Waals surface area contributed by atoms with Crippen molar-refractivity contribution in [3.05, 3.63) is 23.9 Å². The third-order valence-corrected chi connectivity index (χ3v) is 2.69. The Labute approximate surface area is 114 Å². The van der Waals surface area contributed by atoms with E-state index in [9.17, 15) is 0 Å². The first-order chi connectivity index (χ1) is 9.15. The normalized spacial score (nSPS) is 11.4. The first kappa shape index (κ1) is 13.8. The van der Waals surface area contributed by atoms with E-state index in [4.69, 9.17) is 4.74 Å². The lowest BCUT2D eigenvalue weighted by Crippen LogP contribution is -2.09. The molecule has 2 heterocycles. The molecule has 2 aromatic rings. The van der Waals surface area contributed by atoms with Crippen LogP contribution in [0.5, 0.6) is 0 Å². The highest BCUT2D eigenvalue weighted by molar-refractivity contribution is 5.45. The molecule has 2 rings (SSSR count). The van der Waals surface area contributed by atoms with Gasteiger partial charge in [-0.2, -0.15) is 4.98 Å². The van der Waals surface area contributed by atoms with E-state index in [0.717, 1.165) is 31.8 Å². The monoisotopic (exact) mass is 262 g/mol. The van der Waals surface area contributed by atoms with Gasteiger partial charge in [-0.25, -0.2) is 4.52 Å². The molecule has 0 saturated heterocycles. The molecule has 19 heavy (non-hydrogen) atoms. The highest BCUT2D eigenvalue weighted by Gasteiger charge is 2.02. The van der Waals surface area contributed by atoms with Gasteiger partial charge in [0.1, 0.15) is 0 Å². The van der Waals surface area contributed by atoms with Gasteiger partial charge in [-0.15, -0.1) is 5.10 Å². The number of aromatic nitrogens is 3. The number of hydrogen-bond acceptors (Lipinski definition) is 4. The molecular weight excluding hydrogens is 240 g/mol. The maximum absolute atomic E-state index is 5.52. The zero-order valence-corrected chi connectivity index (χ0v) is 11.9. The van der Waals surface area contributed by atoms with Crippen LogP contribution in [0.4, 0.5) is 5.95 Å². The number of rotatable bonds is 7. The van der Waals surface area contributed by atoms with Crippen molar-refractivity contribution in [3.8, 4) is 0 Å². The average Bonchev–Trinajstić information content (AvgIpc) is 2.75. The van der Waals surface area contributed by atoms with E-state index in [0.29, 0.717) is 11.9 Å². The molecule has 0 bridgehead atoms. The zero-order valence-electron chi connectivity index (χ0n) is 11.9. The van der Waals surface area contributed by atoms with Crippen molar-refractivity contribution in [1.29, 1.82) is 0 Å². The first-order valence-electron chi connectivity index (χ1n) is 6.80. The minimum Gasteiger partial charge on any atom is -0.381 e. The Morgan fingerprint density at radius 3 is 3.05 bits per heavy atom. The molecule has 0 saturated carbocycles. The largest absolute Gasteiger partial charge is 0.381 e. The number of pyridine rings is 1. The minimum atomic E-state index is 0.594. The fourth-order valence-electron chi connectivity index (χ4n) is 1.75. The molecule has 104 valence electrons. The summed E-state index contributed by atoms with van der Waals surface area (Å²) in [5, 5.41) is 7.57. The molecule has 0 aliphatic heterocycles. The summed E-state index contributed by atoms with van der Waals surface area (Å²) >= 11 is 0. The molecule has 1 N–H and O–H groups in total. The molecule has 0 fully saturated rings. The van der Waals surface area contributed by atoms with Gasteiger partial charge in [-0.05, 0) is 37.0 Å². The lowest BCUT2D eigenvalue weighted by Gasteiger charge is -2.06. The quantitative estimate of drug-likeness (QED) is 0.779. The van der Waals surface area contributed by atoms with Crippen LogP contribution in [-0.2, 0) is 4.74 Å². The number of hydrogen-bond donors (Lipinski definition) is 1. The van der Waals surface area contributed by atoms with Crippen LogP contribution in [0.3, 0.4) is 0 Å². The second-order valence-electron chi connectivity index (χ2n) is 5.19. The van der Waals surface area contributed by atoms with Crippen molar-refractivity contribution in [2.45, 2.75) is 27.2 Å². The number of anilines is 1. The topological polar surface area (TPSA) is 51.5 Å². The van der Waals surface area contributed by atoms with Crippen LogP contribution in [-0.4, -0.2) is 34.4 Å². The van der Waals surface area contributed by atoms with Crippen LogP contribution in [0.15, 0.2) is 18.3 Å². The van der Waals surface area contributed by atoms with Gasteiger partial charge in [0.2, 0.25) is 5.95 Å². The standard InChI is InChI=1S/C14H22N4O/c1-11(2)10-19-8-4-6-15-14-16-13-9-12(3)5-7-18(13)17-14/h5,7,9,11H,4,6,8,10H2,1-3H3,(H,15,17). The van der Waals surface area contributed by atoms with Crippen LogP contribution in [0.1, 0.15) is 25.8 Å². The van der Waals surface area contributed by atoms with E-state index in [1.807, 2.05) is 25.3 Å². The van der Waals surface area contributed by atoms with Crippen molar-refractivity contribution in [3.63, 3.8) is 0 Å². The molecular formula is C14H22N4O. The summed E-state index contributed by atoms with van der Waals surface area (Å²) in [6.07, 6.45) is 2.88. The minimum absolute atomic E-state index is 0.594. The lowest BCUT2D eigenvalue weighted by atomic mass is 10.2. The van der Waals surface area contributed by atoms with Gasteiger partial charge >= 0.3 is 0 Å². The van der Waals surface area contributed by atoms with Gasteiger partial charge < -0.3 is 10.1 Å². The molecule has 5 heteroatoms. The summed E-state index contributed by atoms with van der Waals surface area (Å²) < 4.78 is 7.30. The van der Waals surface area contributed by atoms with Gasteiger partial charge in [-0.1, -0.05) is 13.8 Å². The Hall–Kier alpha value is -1.62. The van der Waals surface area contributed by atoms with E-state index in [2.05, 4.69) is 29.2 Å². The third kappa shape index (κ3) is 4.21. The molecule has 0 spiro atoms. The molecule has 0 aliphatic carbocycles. The fraction of sp³-hybridized carbons (Fsp3) is 0.571. The van der Waals surface area contributed by atoms with Crippen LogP contribution in [0.2, 0.25) is 0 Å². The van der Waals surface area contributed by atoms with Gasteiger partial charge in [0, 0.05) is 26.0 Å². The van der Waals surface area contributed by atoms with E-state index in [1.165, 1.54) is 5.56 Å². The summed E-state index contributed by atoms with van der Waals surface area (Å²) in [7, 11) is 0. The summed E-state index contributed by atoms with van der Waals surface area (Å²) in [5.74, 6) is 1.27. The van der Waals surface area contributed by atoms with Crippen molar-refractivity contribution >= 4 is 11.6 Å². The lowest BCUT2D eigenvalue weighted by molar-refractivity contribution is 0.110. The molecule has 0 unspecified atom stereocenters. The van der Waals surface area contributed by atoms with E-state index in [-0.39, 0.29) is 0 Å². The van der Waals surface area contributed by atoms with E-state index >= 15 is 0 Å². The smallest absolute Gasteiger partial charge is 0.243 e. The predicted octanol–water partition coefficient (Wildman–Crippen LogP) is 2.51. The van der Waals surface area contributed by atoms with Crippen LogP contribution < -0.4 is 5.32 Å². The van der Waals surface area contributed by atoms with Gasteiger partial charge in [-0.3, -0.25) is 0 Å². The number of nitrogens with zero attached hydrogens (tertiary/aromatic N) is 3. The number of fused-ring (bicyclic) bond motifs is 1. The van der Waals surface area contributed by atoms with Crippen LogP contribution in [0, 0.1) is 12.8 Å². The van der Waals surface area contributed by atoms with Crippen molar-refractivity contribution < 1.29 is 4.74 Å². The summed E-state index contributed by atoms with van der Waals surface area (Å²) in [6, 6.07) is 4.04.